The van der Waals surface area contributed by atoms with E-state index in [0.717, 1.165) is 31.0 Å². The lowest BCUT2D eigenvalue weighted by molar-refractivity contribution is 0.222. The first-order valence-corrected chi connectivity index (χ1v) is 9.91. The van der Waals surface area contributed by atoms with Crippen molar-refractivity contribution in [2.24, 2.45) is 0 Å². The van der Waals surface area contributed by atoms with E-state index < -0.39 is 0 Å². The number of piperidine rings is 1. The van der Waals surface area contributed by atoms with Crippen LogP contribution in [0.25, 0.3) is 11.4 Å². The van der Waals surface area contributed by atoms with Crippen molar-refractivity contribution in [1.82, 2.24) is 14.9 Å². The highest BCUT2D eigenvalue weighted by Gasteiger charge is 2.20. The Morgan fingerprint density at radius 3 is 2.50 bits per heavy atom. The molecule has 4 rings (SSSR count). The molecule has 2 heterocycles. The number of likely N-dealkylation sites (tertiary alicyclic amines) is 1. The number of phenolic OH excluding ortho intramolecular Hbond substituents is 1. The molecule has 0 bridgehead atoms. The summed E-state index contributed by atoms with van der Waals surface area (Å²) >= 11 is 1.93. The highest BCUT2D eigenvalue weighted by atomic mass is 32.2. The Hall–Kier alpha value is -2.24. The smallest absolute Gasteiger partial charge is 0.137 e. The zero-order valence-electron chi connectivity index (χ0n) is 14.6. The zero-order chi connectivity index (χ0) is 17.8. The maximum Gasteiger partial charge on any atom is 0.137 e. The molecule has 134 valence electrons. The first-order chi connectivity index (χ1) is 12.8. The van der Waals surface area contributed by atoms with Gasteiger partial charge in [-0.1, -0.05) is 30.3 Å². The van der Waals surface area contributed by atoms with Crippen molar-refractivity contribution >= 4 is 11.8 Å². The van der Waals surface area contributed by atoms with Crippen molar-refractivity contribution in [3.05, 3.63) is 66.5 Å². The highest BCUT2D eigenvalue weighted by Crippen LogP contribution is 2.31. The molecular formula is C21H23N3OS. The van der Waals surface area contributed by atoms with Gasteiger partial charge in [-0.25, -0.2) is 4.98 Å². The second kappa shape index (κ2) is 7.98. The Morgan fingerprint density at radius 2 is 1.77 bits per heavy atom. The van der Waals surface area contributed by atoms with Gasteiger partial charge >= 0.3 is 0 Å². The molecule has 3 aromatic rings. The van der Waals surface area contributed by atoms with Crippen LogP contribution in [0.4, 0.5) is 0 Å². The van der Waals surface area contributed by atoms with Gasteiger partial charge in [0, 0.05) is 34.1 Å². The van der Waals surface area contributed by atoms with Crippen LogP contribution < -0.4 is 0 Å². The number of thioether (sulfide) groups is 1. The Balaban J connectivity index is 1.29. The quantitative estimate of drug-likeness (QED) is 0.697. The third-order valence-electron chi connectivity index (χ3n) is 4.74. The number of rotatable bonds is 5. The maximum absolute atomic E-state index is 9.39. The van der Waals surface area contributed by atoms with Gasteiger partial charge in [0.25, 0.3) is 0 Å². The van der Waals surface area contributed by atoms with E-state index in [0.29, 0.717) is 11.0 Å². The van der Waals surface area contributed by atoms with Crippen molar-refractivity contribution in [3.8, 4) is 17.1 Å². The predicted molar refractivity (Wildman–Crippen MR) is 106 cm³/mol. The number of aromatic amines is 1. The van der Waals surface area contributed by atoms with E-state index in [1.165, 1.54) is 23.4 Å². The molecule has 0 radical (unpaired) electrons. The molecule has 1 saturated heterocycles. The molecule has 5 heteroatoms. The number of hydrogen-bond donors (Lipinski definition) is 2. The van der Waals surface area contributed by atoms with Gasteiger partial charge in [-0.05, 0) is 50.2 Å². The summed E-state index contributed by atoms with van der Waals surface area (Å²) in [5, 5.41) is 10.0. The monoisotopic (exact) mass is 365 g/mol. The topological polar surface area (TPSA) is 52.1 Å². The number of imidazole rings is 1. The van der Waals surface area contributed by atoms with Crippen molar-refractivity contribution in [2.75, 3.05) is 13.1 Å². The van der Waals surface area contributed by atoms with E-state index in [1.54, 1.807) is 12.1 Å². The number of aromatic nitrogens is 2. The van der Waals surface area contributed by atoms with E-state index in [-0.39, 0.29) is 0 Å². The largest absolute Gasteiger partial charge is 0.508 e. The number of nitrogens with zero attached hydrogens (tertiary/aromatic N) is 2. The summed E-state index contributed by atoms with van der Waals surface area (Å²) in [6.07, 6.45) is 4.33. The molecule has 0 unspecified atom stereocenters. The Kier molecular flexibility index (Phi) is 5.27. The third kappa shape index (κ3) is 4.29. The Bertz CT molecular complexity index is 824. The lowest BCUT2D eigenvalue weighted by atomic mass is 10.1. The summed E-state index contributed by atoms with van der Waals surface area (Å²) in [6.45, 7) is 3.14. The summed E-state index contributed by atoms with van der Waals surface area (Å²) in [5.41, 5.74) is 2.30. The van der Waals surface area contributed by atoms with Crippen LogP contribution in [0.3, 0.4) is 0 Å². The Morgan fingerprint density at radius 1 is 1.04 bits per heavy atom. The fourth-order valence-electron chi connectivity index (χ4n) is 3.33. The minimum absolute atomic E-state index is 0.332. The van der Waals surface area contributed by atoms with Gasteiger partial charge in [0.05, 0.1) is 0 Å². The van der Waals surface area contributed by atoms with E-state index >= 15 is 0 Å². The molecule has 4 nitrogen and oxygen atoms in total. The second-order valence-electron chi connectivity index (χ2n) is 6.71. The number of aromatic hydroxyl groups is 1. The molecule has 1 aliphatic rings. The van der Waals surface area contributed by atoms with E-state index in [1.807, 2.05) is 48.3 Å². The summed E-state index contributed by atoms with van der Waals surface area (Å²) in [4.78, 5) is 11.7. The van der Waals surface area contributed by atoms with Crippen molar-refractivity contribution in [2.45, 2.75) is 29.5 Å². The number of H-pyrrole nitrogens is 1. The van der Waals surface area contributed by atoms with E-state index in [4.69, 9.17) is 0 Å². The van der Waals surface area contributed by atoms with Crippen LogP contribution in [0, 0.1) is 0 Å². The predicted octanol–water partition coefficient (Wildman–Crippen LogP) is 4.54. The molecule has 26 heavy (non-hydrogen) atoms. The molecule has 0 aliphatic carbocycles. The number of hydrogen-bond acceptors (Lipinski definition) is 4. The first-order valence-electron chi connectivity index (χ1n) is 9.03. The third-order valence-corrected chi connectivity index (χ3v) is 6.09. The van der Waals surface area contributed by atoms with Crippen molar-refractivity contribution in [3.63, 3.8) is 0 Å². The molecule has 1 aliphatic heterocycles. The molecule has 0 spiro atoms. The molecule has 0 saturated carbocycles. The molecule has 2 aromatic carbocycles. The molecule has 0 amide bonds. The number of nitrogens with one attached hydrogen (secondary N) is 1. The second-order valence-corrected chi connectivity index (χ2v) is 8.08. The van der Waals surface area contributed by atoms with Crippen LogP contribution in [-0.4, -0.2) is 38.3 Å². The van der Waals surface area contributed by atoms with Crippen molar-refractivity contribution in [1.29, 1.82) is 0 Å². The number of benzene rings is 2. The first kappa shape index (κ1) is 17.2. The highest BCUT2D eigenvalue weighted by molar-refractivity contribution is 8.00. The normalized spacial score (nSPS) is 16.0. The summed E-state index contributed by atoms with van der Waals surface area (Å²) in [7, 11) is 0. The van der Waals surface area contributed by atoms with Crippen molar-refractivity contribution < 1.29 is 5.11 Å². The molecular weight excluding hydrogens is 342 g/mol. The van der Waals surface area contributed by atoms with Crippen LogP contribution in [0.15, 0.2) is 65.7 Å². The van der Waals surface area contributed by atoms with Gasteiger partial charge in [-0.15, -0.1) is 11.8 Å². The van der Waals surface area contributed by atoms with Gasteiger partial charge in [0.2, 0.25) is 0 Å². The molecule has 1 fully saturated rings. The molecule has 1 aromatic heterocycles. The van der Waals surface area contributed by atoms with Gasteiger partial charge in [0.1, 0.15) is 11.6 Å². The maximum atomic E-state index is 9.39. The summed E-state index contributed by atoms with van der Waals surface area (Å²) in [6, 6.07) is 17.8. The average molecular weight is 366 g/mol. The van der Waals surface area contributed by atoms with Gasteiger partial charge in [-0.3, -0.25) is 4.90 Å². The SMILES string of the molecule is Oc1ccc(SC2CCN(Cc3cnc(-c4ccccc4)[nH]3)CC2)cc1. The minimum Gasteiger partial charge on any atom is -0.508 e. The van der Waals surface area contributed by atoms with Gasteiger partial charge in [0.15, 0.2) is 0 Å². The summed E-state index contributed by atoms with van der Waals surface area (Å²) < 4.78 is 0. The standard InChI is InChI=1S/C21H23N3OS/c25-18-6-8-19(9-7-18)26-20-10-12-24(13-11-20)15-17-14-22-21(23-17)16-4-2-1-3-5-16/h1-9,14,20,25H,10-13,15H2,(H,22,23). The fraction of sp³-hybridized carbons (Fsp3) is 0.286. The van der Waals surface area contributed by atoms with Gasteiger partial charge < -0.3 is 10.1 Å². The average Bonchev–Trinajstić information content (AvgIpc) is 3.14. The van der Waals surface area contributed by atoms with Crippen LogP contribution in [-0.2, 0) is 6.54 Å². The fourth-order valence-corrected chi connectivity index (χ4v) is 4.45. The lowest BCUT2D eigenvalue weighted by Gasteiger charge is -2.31. The van der Waals surface area contributed by atoms with Gasteiger partial charge in [-0.2, -0.15) is 0 Å². The minimum atomic E-state index is 0.332. The molecule has 2 N–H and O–H groups in total. The molecule has 0 atom stereocenters. The Labute approximate surface area is 158 Å². The van der Waals surface area contributed by atoms with E-state index in [9.17, 15) is 5.11 Å². The van der Waals surface area contributed by atoms with Crippen LogP contribution in [0.5, 0.6) is 5.75 Å². The van der Waals surface area contributed by atoms with Crippen LogP contribution >= 0.6 is 11.8 Å². The lowest BCUT2D eigenvalue weighted by Crippen LogP contribution is -2.34. The van der Waals surface area contributed by atoms with E-state index in [2.05, 4.69) is 27.0 Å². The summed E-state index contributed by atoms with van der Waals surface area (Å²) in [5.74, 6) is 1.27. The zero-order valence-corrected chi connectivity index (χ0v) is 15.5. The van der Waals surface area contributed by atoms with Crippen LogP contribution in [0.1, 0.15) is 18.5 Å². The number of phenols is 1. The van der Waals surface area contributed by atoms with Crippen LogP contribution in [0.2, 0.25) is 0 Å².